The lowest BCUT2D eigenvalue weighted by Gasteiger charge is -2.26. The van der Waals surface area contributed by atoms with E-state index in [1.54, 1.807) is 6.07 Å². The van der Waals surface area contributed by atoms with Crippen LogP contribution in [0.3, 0.4) is 0 Å². The zero-order valence-electron chi connectivity index (χ0n) is 12.0. The smallest absolute Gasteiger partial charge is 0.123 e. The second-order valence-electron chi connectivity index (χ2n) is 5.03. The molecule has 106 valence electrons. The van der Waals surface area contributed by atoms with E-state index in [1.807, 2.05) is 31.2 Å². The van der Waals surface area contributed by atoms with Crippen LogP contribution >= 0.6 is 0 Å². The minimum absolute atomic E-state index is 0.00466. The van der Waals surface area contributed by atoms with Gasteiger partial charge in [-0.1, -0.05) is 18.2 Å². The predicted molar refractivity (Wildman–Crippen MR) is 82.9 cm³/mol. The number of benzene rings is 2. The normalized spacial score (nSPS) is 12.2. The molecule has 3 heteroatoms. The van der Waals surface area contributed by atoms with Crippen molar-refractivity contribution in [1.82, 2.24) is 0 Å². The van der Waals surface area contributed by atoms with Gasteiger partial charge in [-0.2, -0.15) is 0 Å². The minimum atomic E-state index is -0.214. The number of anilines is 2. The van der Waals surface area contributed by atoms with E-state index >= 15 is 0 Å². The van der Waals surface area contributed by atoms with Gasteiger partial charge in [-0.05, 0) is 56.2 Å². The lowest BCUT2D eigenvalue weighted by molar-refractivity contribution is 0.622. The molecule has 0 radical (unpaired) electrons. The average molecular weight is 272 g/mol. The van der Waals surface area contributed by atoms with Gasteiger partial charge < -0.3 is 10.6 Å². The van der Waals surface area contributed by atoms with E-state index < -0.39 is 0 Å². The Morgan fingerprint density at radius 3 is 2.45 bits per heavy atom. The van der Waals surface area contributed by atoms with Crippen LogP contribution in [0.1, 0.15) is 19.4 Å². The first-order chi connectivity index (χ1) is 9.61. The second-order valence-corrected chi connectivity index (χ2v) is 5.03. The molecule has 1 unspecified atom stereocenters. The lowest BCUT2D eigenvalue weighted by atomic mass is 10.0. The molecular formula is C17H21FN2. The SMILES string of the molecule is CCN(c1ccccc1)c1ccc(F)cc1CC(C)N. The van der Waals surface area contributed by atoms with Gasteiger partial charge in [0.1, 0.15) is 5.82 Å². The van der Waals surface area contributed by atoms with E-state index in [1.165, 1.54) is 6.07 Å². The Labute approximate surface area is 120 Å². The molecule has 0 aliphatic heterocycles. The third kappa shape index (κ3) is 3.36. The van der Waals surface area contributed by atoms with Crippen molar-refractivity contribution >= 4 is 11.4 Å². The summed E-state index contributed by atoms with van der Waals surface area (Å²) < 4.78 is 13.5. The van der Waals surface area contributed by atoms with Crippen LogP contribution in [0.4, 0.5) is 15.8 Å². The van der Waals surface area contributed by atoms with E-state index in [9.17, 15) is 4.39 Å². The van der Waals surface area contributed by atoms with Gasteiger partial charge in [0.2, 0.25) is 0 Å². The first-order valence-corrected chi connectivity index (χ1v) is 6.98. The average Bonchev–Trinajstić information content (AvgIpc) is 2.42. The molecule has 0 amide bonds. The van der Waals surface area contributed by atoms with Crippen molar-refractivity contribution in [2.45, 2.75) is 26.3 Å². The highest BCUT2D eigenvalue weighted by atomic mass is 19.1. The van der Waals surface area contributed by atoms with Crippen molar-refractivity contribution in [2.75, 3.05) is 11.4 Å². The fraction of sp³-hybridized carbons (Fsp3) is 0.294. The summed E-state index contributed by atoms with van der Waals surface area (Å²) in [6.07, 6.45) is 0.663. The molecule has 0 fully saturated rings. The Morgan fingerprint density at radius 2 is 1.85 bits per heavy atom. The van der Waals surface area contributed by atoms with Gasteiger partial charge in [0.15, 0.2) is 0 Å². The molecule has 0 bridgehead atoms. The first kappa shape index (κ1) is 14.5. The van der Waals surface area contributed by atoms with Gasteiger partial charge in [-0.15, -0.1) is 0 Å². The van der Waals surface area contributed by atoms with Crippen LogP contribution < -0.4 is 10.6 Å². The fourth-order valence-electron chi connectivity index (χ4n) is 2.43. The Kier molecular flexibility index (Phi) is 4.74. The maximum atomic E-state index is 13.5. The Morgan fingerprint density at radius 1 is 1.15 bits per heavy atom. The van der Waals surface area contributed by atoms with Gasteiger partial charge >= 0.3 is 0 Å². The van der Waals surface area contributed by atoms with Crippen LogP contribution in [-0.2, 0) is 6.42 Å². The van der Waals surface area contributed by atoms with Gasteiger partial charge in [0, 0.05) is 24.0 Å². The number of halogens is 1. The molecule has 0 aromatic heterocycles. The van der Waals surface area contributed by atoms with Gasteiger partial charge in [0.25, 0.3) is 0 Å². The molecule has 2 aromatic rings. The predicted octanol–water partition coefficient (Wildman–Crippen LogP) is 3.87. The third-order valence-electron chi connectivity index (χ3n) is 3.26. The number of hydrogen-bond acceptors (Lipinski definition) is 2. The summed E-state index contributed by atoms with van der Waals surface area (Å²) in [7, 11) is 0. The van der Waals surface area contributed by atoms with E-state index in [2.05, 4.69) is 24.0 Å². The molecule has 2 nitrogen and oxygen atoms in total. The molecule has 0 heterocycles. The first-order valence-electron chi connectivity index (χ1n) is 6.98. The standard InChI is InChI=1S/C17H21FN2/c1-3-20(16-7-5-4-6-8-16)17-10-9-15(18)12-14(17)11-13(2)19/h4-10,12-13H,3,11,19H2,1-2H3. The highest BCUT2D eigenvalue weighted by Gasteiger charge is 2.13. The number of nitrogens with two attached hydrogens (primary N) is 1. The number of para-hydroxylation sites is 1. The van der Waals surface area contributed by atoms with Crippen molar-refractivity contribution in [3.8, 4) is 0 Å². The zero-order chi connectivity index (χ0) is 14.5. The molecule has 0 saturated carbocycles. The number of rotatable bonds is 5. The van der Waals surface area contributed by atoms with Crippen LogP contribution in [-0.4, -0.2) is 12.6 Å². The van der Waals surface area contributed by atoms with Crippen LogP contribution in [0, 0.1) is 5.82 Å². The Bertz CT molecular complexity index is 552. The molecule has 0 saturated heterocycles. The van der Waals surface area contributed by atoms with E-state index in [0.29, 0.717) is 6.42 Å². The maximum Gasteiger partial charge on any atom is 0.123 e. The molecule has 0 spiro atoms. The van der Waals surface area contributed by atoms with Crippen molar-refractivity contribution in [2.24, 2.45) is 5.73 Å². The summed E-state index contributed by atoms with van der Waals surface area (Å²) in [5.41, 5.74) is 8.96. The number of hydrogen-bond donors (Lipinski definition) is 1. The van der Waals surface area contributed by atoms with Crippen LogP contribution in [0.15, 0.2) is 48.5 Å². The van der Waals surface area contributed by atoms with E-state index in [0.717, 1.165) is 23.5 Å². The summed E-state index contributed by atoms with van der Waals surface area (Å²) in [5, 5.41) is 0. The highest BCUT2D eigenvalue weighted by Crippen LogP contribution is 2.29. The zero-order valence-corrected chi connectivity index (χ0v) is 12.0. The van der Waals surface area contributed by atoms with Gasteiger partial charge in [-0.3, -0.25) is 0 Å². The van der Waals surface area contributed by atoms with Crippen molar-refractivity contribution in [3.05, 3.63) is 59.9 Å². The summed E-state index contributed by atoms with van der Waals surface area (Å²) in [4.78, 5) is 2.18. The van der Waals surface area contributed by atoms with Gasteiger partial charge in [0.05, 0.1) is 0 Å². The van der Waals surface area contributed by atoms with Crippen LogP contribution in [0.25, 0.3) is 0 Å². The molecule has 2 N–H and O–H groups in total. The van der Waals surface area contributed by atoms with Crippen molar-refractivity contribution in [1.29, 1.82) is 0 Å². The summed E-state index contributed by atoms with van der Waals surface area (Å²) in [6.45, 7) is 4.85. The molecule has 1 atom stereocenters. The fourth-order valence-corrected chi connectivity index (χ4v) is 2.43. The molecule has 0 aliphatic rings. The quantitative estimate of drug-likeness (QED) is 0.895. The summed E-state index contributed by atoms with van der Waals surface area (Å²) >= 11 is 0. The number of nitrogens with zero attached hydrogens (tertiary/aromatic N) is 1. The molecule has 20 heavy (non-hydrogen) atoms. The molecular weight excluding hydrogens is 251 g/mol. The van der Waals surface area contributed by atoms with Crippen molar-refractivity contribution in [3.63, 3.8) is 0 Å². The third-order valence-corrected chi connectivity index (χ3v) is 3.26. The monoisotopic (exact) mass is 272 g/mol. The topological polar surface area (TPSA) is 29.3 Å². The molecule has 0 aliphatic carbocycles. The van der Waals surface area contributed by atoms with Crippen LogP contribution in [0.5, 0.6) is 0 Å². The molecule has 2 rings (SSSR count). The second kappa shape index (κ2) is 6.53. The Hall–Kier alpha value is -1.87. The summed E-state index contributed by atoms with van der Waals surface area (Å²) in [5.74, 6) is -0.214. The van der Waals surface area contributed by atoms with E-state index in [4.69, 9.17) is 5.73 Å². The van der Waals surface area contributed by atoms with Crippen LogP contribution in [0.2, 0.25) is 0 Å². The minimum Gasteiger partial charge on any atom is -0.342 e. The van der Waals surface area contributed by atoms with E-state index in [-0.39, 0.29) is 11.9 Å². The summed E-state index contributed by atoms with van der Waals surface area (Å²) in [6, 6.07) is 15.1. The maximum absolute atomic E-state index is 13.5. The van der Waals surface area contributed by atoms with Crippen molar-refractivity contribution < 1.29 is 4.39 Å². The van der Waals surface area contributed by atoms with Gasteiger partial charge in [-0.25, -0.2) is 4.39 Å². The highest BCUT2D eigenvalue weighted by molar-refractivity contribution is 5.66. The lowest BCUT2D eigenvalue weighted by Crippen LogP contribution is -2.22. The largest absolute Gasteiger partial charge is 0.342 e. The Balaban J connectivity index is 2.44. The molecule has 2 aromatic carbocycles.